The fourth-order valence-electron chi connectivity index (χ4n) is 2.95. The van der Waals surface area contributed by atoms with E-state index in [1.807, 2.05) is 37.5 Å². The van der Waals surface area contributed by atoms with E-state index in [0.717, 1.165) is 33.7 Å². The van der Waals surface area contributed by atoms with Crippen molar-refractivity contribution in [1.82, 2.24) is 19.7 Å². The summed E-state index contributed by atoms with van der Waals surface area (Å²) < 4.78 is 24.8. The minimum absolute atomic E-state index is 0.00467. The molecule has 0 unspecified atom stereocenters. The number of halogens is 1. The summed E-state index contributed by atoms with van der Waals surface area (Å²) in [5.74, 6) is 1.15. The van der Waals surface area contributed by atoms with E-state index in [1.54, 1.807) is 36.3 Å². The van der Waals surface area contributed by atoms with Gasteiger partial charge in [0.15, 0.2) is 0 Å². The molecule has 2 heterocycles. The first kappa shape index (κ1) is 18.7. The standard InChI is InChI=1S/C21H20FN5O2/c1-27-13-14(11-24-27)21-12-23-19-4-3-15(9-20(19)26-21)25-16-7-17(28-2)10-18(8-16)29-6-5-22/h3-4,7-13,25H,5-6H2,1-2H3. The van der Waals surface area contributed by atoms with Crippen molar-refractivity contribution in [2.45, 2.75) is 0 Å². The number of benzene rings is 2. The normalized spacial score (nSPS) is 10.9. The van der Waals surface area contributed by atoms with Crippen molar-refractivity contribution in [2.24, 2.45) is 7.05 Å². The van der Waals surface area contributed by atoms with Crippen LogP contribution in [-0.4, -0.2) is 40.1 Å². The first-order valence-electron chi connectivity index (χ1n) is 9.05. The topological polar surface area (TPSA) is 74.1 Å². The second kappa shape index (κ2) is 8.14. The van der Waals surface area contributed by atoms with Gasteiger partial charge in [-0.25, -0.2) is 9.37 Å². The molecule has 0 aliphatic carbocycles. The summed E-state index contributed by atoms with van der Waals surface area (Å²) in [5, 5.41) is 7.49. The molecule has 0 saturated carbocycles. The molecule has 0 atom stereocenters. The van der Waals surface area contributed by atoms with Crippen LogP contribution < -0.4 is 14.8 Å². The van der Waals surface area contributed by atoms with E-state index in [2.05, 4.69) is 15.4 Å². The average molecular weight is 393 g/mol. The number of hydrogen-bond acceptors (Lipinski definition) is 6. The molecule has 7 nitrogen and oxygen atoms in total. The molecular weight excluding hydrogens is 373 g/mol. The number of fused-ring (bicyclic) bond motifs is 1. The number of ether oxygens (including phenoxy) is 2. The maximum Gasteiger partial charge on any atom is 0.125 e. The molecule has 0 radical (unpaired) electrons. The summed E-state index contributed by atoms with van der Waals surface area (Å²) >= 11 is 0. The molecule has 0 saturated heterocycles. The summed E-state index contributed by atoms with van der Waals surface area (Å²) in [6, 6.07) is 11.1. The van der Waals surface area contributed by atoms with Crippen LogP contribution in [0.5, 0.6) is 11.5 Å². The molecule has 4 rings (SSSR count). The Kier molecular flexibility index (Phi) is 5.24. The smallest absolute Gasteiger partial charge is 0.125 e. The minimum Gasteiger partial charge on any atom is -0.497 e. The van der Waals surface area contributed by atoms with Crippen LogP contribution >= 0.6 is 0 Å². The van der Waals surface area contributed by atoms with Gasteiger partial charge >= 0.3 is 0 Å². The second-order valence-electron chi connectivity index (χ2n) is 6.42. The molecule has 0 aliphatic heterocycles. The van der Waals surface area contributed by atoms with Gasteiger partial charge in [-0.3, -0.25) is 9.67 Å². The van der Waals surface area contributed by atoms with Crippen molar-refractivity contribution >= 4 is 22.4 Å². The Labute approximate surface area is 167 Å². The van der Waals surface area contributed by atoms with Gasteiger partial charge in [0.1, 0.15) is 24.8 Å². The Morgan fingerprint density at radius 3 is 2.66 bits per heavy atom. The third kappa shape index (κ3) is 4.26. The van der Waals surface area contributed by atoms with E-state index in [4.69, 9.17) is 14.5 Å². The summed E-state index contributed by atoms with van der Waals surface area (Å²) in [5.41, 5.74) is 4.80. The molecule has 0 amide bonds. The number of alkyl halides is 1. The number of methoxy groups -OCH3 is 1. The number of nitrogens with zero attached hydrogens (tertiary/aromatic N) is 4. The summed E-state index contributed by atoms with van der Waals surface area (Å²) in [7, 11) is 3.43. The third-order valence-corrected chi connectivity index (χ3v) is 4.29. The predicted molar refractivity (Wildman–Crippen MR) is 109 cm³/mol. The lowest BCUT2D eigenvalue weighted by molar-refractivity contribution is 0.272. The Balaban J connectivity index is 1.64. The van der Waals surface area contributed by atoms with E-state index >= 15 is 0 Å². The SMILES string of the molecule is COc1cc(Nc2ccc3ncc(-c4cnn(C)c4)nc3c2)cc(OCCF)c1. The van der Waals surface area contributed by atoms with Crippen molar-refractivity contribution in [2.75, 3.05) is 25.7 Å². The average Bonchev–Trinajstić information content (AvgIpc) is 3.18. The number of nitrogens with one attached hydrogen (secondary N) is 1. The van der Waals surface area contributed by atoms with Crippen LogP contribution in [0.3, 0.4) is 0 Å². The molecule has 29 heavy (non-hydrogen) atoms. The summed E-state index contributed by atoms with van der Waals surface area (Å²) in [6.07, 6.45) is 5.39. The number of aromatic nitrogens is 4. The minimum atomic E-state index is -0.553. The van der Waals surface area contributed by atoms with E-state index in [-0.39, 0.29) is 6.61 Å². The number of hydrogen-bond donors (Lipinski definition) is 1. The van der Waals surface area contributed by atoms with Gasteiger partial charge in [-0.15, -0.1) is 0 Å². The van der Waals surface area contributed by atoms with Gasteiger partial charge < -0.3 is 14.8 Å². The maximum atomic E-state index is 12.4. The van der Waals surface area contributed by atoms with Crippen LogP contribution in [0.1, 0.15) is 0 Å². The van der Waals surface area contributed by atoms with Crippen molar-refractivity contribution in [1.29, 1.82) is 0 Å². The molecule has 0 spiro atoms. The highest BCUT2D eigenvalue weighted by Crippen LogP contribution is 2.29. The zero-order valence-corrected chi connectivity index (χ0v) is 16.1. The lowest BCUT2D eigenvalue weighted by Crippen LogP contribution is -2.00. The highest BCUT2D eigenvalue weighted by Gasteiger charge is 2.07. The van der Waals surface area contributed by atoms with Gasteiger partial charge in [-0.05, 0) is 18.2 Å². The van der Waals surface area contributed by atoms with Crippen LogP contribution in [0, 0.1) is 0 Å². The molecule has 0 bridgehead atoms. The van der Waals surface area contributed by atoms with Crippen LogP contribution in [0.2, 0.25) is 0 Å². The molecule has 0 aliphatic rings. The molecule has 0 fully saturated rings. The Morgan fingerprint density at radius 1 is 1.03 bits per heavy atom. The van der Waals surface area contributed by atoms with Crippen LogP contribution in [0.4, 0.5) is 15.8 Å². The molecule has 148 valence electrons. The van der Waals surface area contributed by atoms with Gasteiger partial charge in [-0.2, -0.15) is 5.10 Å². The maximum absolute atomic E-state index is 12.4. The quantitative estimate of drug-likeness (QED) is 0.509. The van der Waals surface area contributed by atoms with E-state index < -0.39 is 6.67 Å². The molecule has 2 aromatic carbocycles. The van der Waals surface area contributed by atoms with Crippen molar-refractivity contribution < 1.29 is 13.9 Å². The molecular formula is C21H20FN5O2. The second-order valence-corrected chi connectivity index (χ2v) is 6.42. The molecule has 1 N–H and O–H groups in total. The highest BCUT2D eigenvalue weighted by molar-refractivity contribution is 5.82. The van der Waals surface area contributed by atoms with Crippen molar-refractivity contribution in [3.05, 3.63) is 55.0 Å². The van der Waals surface area contributed by atoms with E-state index in [1.165, 1.54) is 0 Å². The van der Waals surface area contributed by atoms with E-state index in [9.17, 15) is 4.39 Å². The highest BCUT2D eigenvalue weighted by atomic mass is 19.1. The molecule has 4 aromatic rings. The lowest BCUT2D eigenvalue weighted by atomic mass is 10.2. The van der Waals surface area contributed by atoms with Gasteiger partial charge in [0.25, 0.3) is 0 Å². The summed E-state index contributed by atoms with van der Waals surface area (Å²) in [6.45, 7) is -0.558. The van der Waals surface area contributed by atoms with Crippen LogP contribution in [0.25, 0.3) is 22.3 Å². The third-order valence-electron chi connectivity index (χ3n) is 4.29. The molecule has 2 aromatic heterocycles. The zero-order chi connectivity index (χ0) is 20.2. The van der Waals surface area contributed by atoms with Crippen LogP contribution in [0.15, 0.2) is 55.0 Å². The Morgan fingerprint density at radius 2 is 1.90 bits per heavy atom. The Hall–Kier alpha value is -3.68. The van der Waals surface area contributed by atoms with Gasteiger partial charge in [0, 0.05) is 48.4 Å². The zero-order valence-electron chi connectivity index (χ0n) is 16.1. The van der Waals surface area contributed by atoms with E-state index in [0.29, 0.717) is 11.5 Å². The monoisotopic (exact) mass is 393 g/mol. The fraction of sp³-hybridized carbons (Fsp3) is 0.190. The van der Waals surface area contributed by atoms with Crippen molar-refractivity contribution in [3.8, 4) is 22.8 Å². The summed E-state index contributed by atoms with van der Waals surface area (Å²) in [4.78, 5) is 9.19. The lowest BCUT2D eigenvalue weighted by Gasteiger charge is -2.12. The number of aryl methyl sites for hydroxylation is 1. The first-order valence-corrected chi connectivity index (χ1v) is 9.05. The van der Waals surface area contributed by atoms with Gasteiger partial charge in [-0.1, -0.05) is 0 Å². The van der Waals surface area contributed by atoms with Gasteiger partial charge in [0.2, 0.25) is 0 Å². The largest absolute Gasteiger partial charge is 0.497 e. The predicted octanol–water partition coefficient (Wildman–Crippen LogP) is 4.13. The Bertz CT molecular complexity index is 1150. The fourth-order valence-corrected chi connectivity index (χ4v) is 2.95. The van der Waals surface area contributed by atoms with Crippen molar-refractivity contribution in [3.63, 3.8) is 0 Å². The molecule has 8 heteroatoms. The van der Waals surface area contributed by atoms with Crippen LogP contribution in [-0.2, 0) is 7.05 Å². The van der Waals surface area contributed by atoms with Gasteiger partial charge in [0.05, 0.1) is 36.2 Å². The first-order chi connectivity index (χ1) is 14.1. The number of rotatable bonds is 7. The number of anilines is 2.